The van der Waals surface area contributed by atoms with Gasteiger partial charge in [0, 0.05) is 29.9 Å². The summed E-state index contributed by atoms with van der Waals surface area (Å²) >= 11 is 0. The highest BCUT2D eigenvalue weighted by Gasteiger charge is 2.25. The van der Waals surface area contributed by atoms with Crippen molar-refractivity contribution in [1.82, 2.24) is 0 Å². The third-order valence-corrected chi connectivity index (χ3v) is 4.93. The van der Waals surface area contributed by atoms with Crippen LogP contribution in [0.1, 0.15) is 29.9 Å². The molecule has 0 aliphatic carbocycles. The molecule has 5 nitrogen and oxygen atoms in total. The molecule has 2 aliphatic rings. The average molecular weight is 335 g/mol. The molecule has 0 amide bonds. The number of ether oxygens (including phenoxy) is 1. The zero-order valence-corrected chi connectivity index (χ0v) is 13.9. The number of fused-ring (bicyclic) bond motifs is 1. The van der Waals surface area contributed by atoms with Gasteiger partial charge in [0.15, 0.2) is 5.75 Å². The summed E-state index contributed by atoms with van der Waals surface area (Å²) in [5.74, 6) is 0.730. The highest BCUT2D eigenvalue weighted by atomic mass is 16.5. The molecule has 1 unspecified atom stereocenters. The predicted octanol–water partition coefficient (Wildman–Crippen LogP) is 3.17. The second-order valence-corrected chi connectivity index (χ2v) is 6.52. The lowest BCUT2D eigenvalue weighted by atomic mass is 9.94. The molecule has 1 fully saturated rings. The van der Waals surface area contributed by atoms with Crippen molar-refractivity contribution in [2.45, 2.75) is 18.8 Å². The topological polar surface area (TPSA) is 81.6 Å². The molecule has 0 aromatic heterocycles. The van der Waals surface area contributed by atoms with Crippen LogP contribution in [0.3, 0.4) is 0 Å². The molecule has 0 saturated carbocycles. The van der Waals surface area contributed by atoms with Crippen LogP contribution in [-0.4, -0.2) is 19.4 Å². The molecule has 4 N–H and O–H groups in total. The lowest BCUT2D eigenvalue weighted by Gasteiger charge is -2.24. The zero-order chi connectivity index (χ0) is 17.4. The molecular formula is C20H21N3O2. The highest BCUT2D eigenvalue weighted by Crippen LogP contribution is 2.42. The summed E-state index contributed by atoms with van der Waals surface area (Å²) in [4.78, 5) is 13.9. The molecule has 2 aromatic rings. The first-order chi connectivity index (χ1) is 12.2. The first-order valence-corrected chi connectivity index (χ1v) is 8.55. The van der Waals surface area contributed by atoms with Crippen molar-refractivity contribution in [2.75, 3.05) is 29.5 Å². The van der Waals surface area contributed by atoms with Gasteiger partial charge in [0.2, 0.25) is 0 Å². The summed E-state index contributed by atoms with van der Waals surface area (Å²) in [6.45, 7) is 2.21. The third kappa shape index (κ3) is 2.71. The van der Waals surface area contributed by atoms with E-state index in [0.717, 1.165) is 30.5 Å². The molecule has 128 valence electrons. The van der Waals surface area contributed by atoms with Gasteiger partial charge in [-0.1, -0.05) is 6.07 Å². The normalized spacial score (nSPS) is 19.1. The summed E-state index contributed by atoms with van der Waals surface area (Å²) in [5, 5.41) is 0. The Morgan fingerprint density at radius 2 is 1.76 bits per heavy atom. The fourth-order valence-electron chi connectivity index (χ4n) is 3.48. The number of hydrogen-bond donors (Lipinski definition) is 2. The van der Waals surface area contributed by atoms with Crippen LogP contribution in [0, 0.1) is 0 Å². The highest BCUT2D eigenvalue weighted by molar-refractivity contribution is 5.83. The first kappa shape index (κ1) is 15.6. The van der Waals surface area contributed by atoms with Gasteiger partial charge in [0.25, 0.3) is 0 Å². The van der Waals surface area contributed by atoms with Crippen molar-refractivity contribution >= 4 is 29.1 Å². The van der Waals surface area contributed by atoms with Gasteiger partial charge in [-0.15, -0.1) is 0 Å². The minimum atomic E-state index is -0.389. The molecule has 5 heteroatoms. The number of hydrogen-bond acceptors (Lipinski definition) is 5. The number of benzene rings is 2. The number of anilines is 3. The molecule has 0 radical (unpaired) electrons. The zero-order valence-electron chi connectivity index (χ0n) is 13.9. The Labute approximate surface area is 146 Å². The van der Waals surface area contributed by atoms with Gasteiger partial charge in [-0.2, -0.15) is 0 Å². The number of nitrogens with zero attached hydrogens (tertiary/aromatic N) is 1. The molecule has 2 aromatic carbocycles. The third-order valence-electron chi connectivity index (χ3n) is 4.93. The van der Waals surface area contributed by atoms with Crippen molar-refractivity contribution in [3.63, 3.8) is 0 Å². The van der Waals surface area contributed by atoms with E-state index < -0.39 is 0 Å². The van der Waals surface area contributed by atoms with E-state index in [4.69, 9.17) is 16.2 Å². The van der Waals surface area contributed by atoms with Crippen LogP contribution in [-0.2, 0) is 4.79 Å². The Hall–Kier alpha value is -2.95. The maximum Gasteiger partial charge on any atom is 0.156 e. The van der Waals surface area contributed by atoms with Crippen LogP contribution in [0.4, 0.5) is 17.1 Å². The lowest BCUT2D eigenvalue weighted by Crippen LogP contribution is -2.17. The maximum atomic E-state index is 11.5. The molecule has 25 heavy (non-hydrogen) atoms. The Balaban J connectivity index is 1.67. The molecule has 2 heterocycles. The minimum absolute atomic E-state index is 0.378. The summed E-state index contributed by atoms with van der Waals surface area (Å²) in [6.07, 6.45) is 5.22. The molecule has 2 aliphatic heterocycles. The molecule has 1 atom stereocenters. The maximum absolute atomic E-state index is 11.5. The van der Waals surface area contributed by atoms with Crippen molar-refractivity contribution in [3.8, 4) is 5.75 Å². The summed E-state index contributed by atoms with van der Waals surface area (Å²) < 4.78 is 6.01. The second-order valence-electron chi connectivity index (χ2n) is 6.52. The number of carbonyl (C=O) groups excluding carboxylic acids is 1. The summed E-state index contributed by atoms with van der Waals surface area (Å²) in [7, 11) is 0. The summed E-state index contributed by atoms with van der Waals surface area (Å²) in [5.41, 5.74) is 15.7. The van der Waals surface area contributed by atoms with Gasteiger partial charge in [0.05, 0.1) is 17.3 Å². The van der Waals surface area contributed by atoms with E-state index in [9.17, 15) is 4.79 Å². The molecule has 0 bridgehead atoms. The van der Waals surface area contributed by atoms with Crippen molar-refractivity contribution in [2.24, 2.45) is 0 Å². The van der Waals surface area contributed by atoms with E-state index in [0.29, 0.717) is 22.9 Å². The van der Waals surface area contributed by atoms with Crippen molar-refractivity contribution in [1.29, 1.82) is 0 Å². The lowest BCUT2D eigenvalue weighted by molar-refractivity contribution is -0.108. The van der Waals surface area contributed by atoms with E-state index in [1.807, 2.05) is 18.2 Å². The van der Waals surface area contributed by atoms with Crippen LogP contribution in [0.5, 0.6) is 5.75 Å². The summed E-state index contributed by atoms with van der Waals surface area (Å²) in [6, 6.07) is 11.7. The van der Waals surface area contributed by atoms with Gasteiger partial charge >= 0.3 is 0 Å². The number of nitrogens with two attached hydrogens (primary N) is 2. The Morgan fingerprint density at radius 1 is 1.04 bits per heavy atom. The van der Waals surface area contributed by atoms with E-state index in [-0.39, 0.29) is 5.92 Å². The fourth-order valence-corrected chi connectivity index (χ4v) is 3.48. The molecule has 0 spiro atoms. The number of rotatable bonds is 3. The second kappa shape index (κ2) is 6.16. The van der Waals surface area contributed by atoms with E-state index in [1.54, 1.807) is 12.1 Å². The van der Waals surface area contributed by atoms with Crippen molar-refractivity contribution < 1.29 is 9.53 Å². The largest absolute Gasteiger partial charge is 0.454 e. The predicted molar refractivity (Wildman–Crippen MR) is 101 cm³/mol. The van der Waals surface area contributed by atoms with Gasteiger partial charge in [-0.3, -0.25) is 0 Å². The Morgan fingerprint density at radius 3 is 2.44 bits per heavy atom. The number of allylic oxidation sites excluding steroid dienone is 1. The first-order valence-electron chi connectivity index (χ1n) is 8.55. The molecule has 4 rings (SSSR count). The number of carbonyl (C=O) groups is 1. The number of nitrogen functional groups attached to an aromatic ring is 2. The smallest absolute Gasteiger partial charge is 0.156 e. The van der Waals surface area contributed by atoms with E-state index >= 15 is 0 Å². The van der Waals surface area contributed by atoms with Gasteiger partial charge in [0.1, 0.15) is 12.0 Å². The Kier molecular flexibility index (Phi) is 3.84. The van der Waals surface area contributed by atoms with Gasteiger partial charge in [-0.05, 0) is 49.2 Å². The van der Waals surface area contributed by atoms with Crippen molar-refractivity contribution in [3.05, 3.63) is 53.6 Å². The Bertz CT molecular complexity index is 837. The van der Waals surface area contributed by atoms with Crippen LogP contribution in [0.15, 0.2) is 42.5 Å². The number of aldehydes is 1. The van der Waals surface area contributed by atoms with Gasteiger partial charge < -0.3 is 25.9 Å². The van der Waals surface area contributed by atoms with Crippen LogP contribution < -0.4 is 21.1 Å². The molecule has 1 saturated heterocycles. The monoisotopic (exact) mass is 335 g/mol. The standard InChI is InChI=1S/C20H21N3O2/c21-17-8-7-16-14(12-24)11-18(25-20(16)19(17)22)13-3-5-15(6-4-13)23-9-1-2-10-23/h3-8,11-12,14H,1-2,9-10,21-22H2. The average Bonchev–Trinajstić information content (AvgIpc) is 3.19. The SMILES string of the molecule is Nc1ccc2c(c1N)OC(c1ccc(N3CCCC3)cc1)=CC2C=O. The fraction of sp³-hybridized carbons (Fsp3) is 0.250. The quantitative estimate of drug-likeness (QED) is 0.665. The van der Waals surface area contributed by atoms with Gasteiger partial charge in [-0.25, -0.2) is 0 Å². The van der Waals surface area contributed by atoms with Crippen LogP contribution in [0.25, 0.3) is 5.76 Å². The van der Waals surface area contributed by atoms with Crippen LogP contribution in [0.2, 0.25) is 0 Å². The minimum Gasteiger partial charge on any atom is -0.454 e. The molecular weight excluding hydrogens is 314 g/mol. The van der Waals surface area contributed by atoms with E-state index in [2.05, 4.69) is 17.0 Å². The van der Waals surface area contributed by atoms with Crippen LogP contribution >= 0.6 is 0 Å². The van der Waals surface area contributed by atoms with E-state index in [1.165, 1.54) is 18.5 Å².